The molecule has 1 unspecified atom stereocenters. The van der Waals surface area contributed by atoms with E-state index in [-0.39, 0.29) is 6.04 Å². The lowest BCUT2D eigenvalue weighted by Gasteiger charge is -2.14. The van der Waals surface area contributed by atoms with Crippen molar-refractivity contribution >= 4 is 0 Å². The zero-order valence-electron chi connectivity index (χ0n) is 11.5. The Hall–Kier alpha value is -1.94. The van der Waals surface area contributed by atoms with Gasteiger partial charge in [0.2, 0.25) is 5.88 Å². The Morgan fingerprint density at radius 3 is 2.16 bits per heavy atom. The molecule has 1 heterocycles. The molecule has 2 aromatic rings. The summed E-state index contributed by atoms with van der Waals surface area (Å²) in [6, 6.07) is 7.94. The molecule has 0 aliphatic rings. The fourth-order valence-electron chi connectivity index (χ4n) is 1.95. The highest BCUT2D eigenvalue weighted by molar-refractivity contribution is 5.34. The number of benzene rings is 1. The van der Waals surface area contributed by atoms with Crippen LogP contribution >= 0.6 is 0 Å². The first-order valence-electron chi connectivity index (χ1n) is 6.33. The smallest absolute Gasteiger partial charge is 0.237 e. The van der Waals surface area contributed by atoms with Gasteiger partial charge in [-0.05, 0) is 17.0 Å². The van der Waals surface area contributed by atoms with Crippen LogP contribution in [0.4, 0.5) is 0 Å². The molecular weight excluding hydrogens is 238 g/mol. The van der Waals surface area contributed by atoms with Gasteiger partial charge in [0.05, 0.1) is 13.2 Å². The summed E-state index contributed by atoms with van der Waals surface area (Å²) in [6.45, 7) is 4.33. The molecule has 0 saturated heterocycles. The summed E-state index contributed by atoms with van der Waals surface area (Å²) in [5.41, 5.74) is 9.19. The summed E-state index contributed by atoms with van der Waals surface area (Å²) in [5.74, 6) is 0.985. The summed E-state index contributed by atoms with van der Waals surface area (Å²) >= 11 is 0. The van der Waals surface area contributed by atoms with Gasteiger partial charge in [-0.2, -0.15) is 0 Å². The van der Waals surface area contributed by atoms with Crippen molar-refractivity contribution in [2.75, 3.05) is 7.11 Å². The van der Waals surface area contributed by atoms with Gasteiger partial charge in [-0.15, -0.1) is 0 Å². The largest absolute Gasteiger partial charge is 0.480 e. The summed E-state index contributed by atoms with van der Waals surface area (Å²) < 4.78 is 5.20. The molecule has 100 valence electrons. The zero-order valence-corrected chi connectivity index (χ0v) is 11.5. The van der Waals surface area contributed by atoms with E-state index in [2.05, 4.69) is 35.9 Å². The lowest BCUT2D eigenvalue weighted by molar-refractivity contribution is 0.387. The molecule has 0 radical (unpaired) electrons. The van der Waals surface area contributed by atoms with Gasteiger partial charge in [0, 0.05) is 12.4 Å². The van der Waals surface area contributed by atoms with Gasteiger partial charge in [0.25, 0.3) is 0 Å². The molecule has 0 amide bonds. The monoisotopic (exact) mass is 257 g/mol. The molecule has 0 spiro atoms. The number of methoxy groups -OCH3 is 1. The predicted molar refractivity (Wildman–Crippen MR) is 75.1 cm³/mol. The summed E-state index contributed by atoms with van der Waals surface area (Å²) in [6.07, 6.45) is 3.22. The summed E-state index contributed by atoms with van der Waals surface area (Å²) in [4.78, 5) is 8.40. The van der Waals surface area contributed by atoms with Gasteiger partial charge < -0.3 is 10.5 Å². The number of hydrogen-bond acceptors (Lipinski definition) is 4. The first kappa shape index (κ1) is 13.5. The molecule has 4 nitrogen and oxygen atoms in total. The SMILES string of the molecule is COc1nccnc1C(N)c1ccc(C(C)C)cc1. The molecule has 0 aliphatic heterocycles. The number of hydrogen-bond donors (Lipinski definition) is 1. The molecule has 1 aromatic carbocycles. The van der Waals surface area contributed by atoms with Crippen molar-refractivity contribution < 1.29 is 4.74 Å². The van der Waals surface area contributed by atoms with Gasteiger partial charge in [-0.3, -0.25) is 4.98 Å². The Labute approximate surface area is 113 Å². The van der Waals surface area contributed by atoms with Crippen LogP contribution in [0, 0.1) is 0 Å². The maximum Gasteiger partial charge on any atom is 0.237 e. The second kappa shape index (κ2) is 5.80. The standard InChI is InChI=1S/C15H19N3O/c1-10(2)11-4-6-12(7-5-11)13(16)14-15(19-3)18-9-8-17-14/h4-10,13H,16H2,1-3H3. The minimum Gasteiger partial charge on any atom is -0.480 e. The third-order valence-corrected chi connectivity index (χ3v) is 3.14. The second-order valence-corrected chi connectivity index (χ2v) is 4.75. The molecule has 2 rings (SSSR count). The van der Waals surface area contributed by atoms with E-state index in [4.69, 9.17) is 10.5 Å². The molecule has 1 atom stereocenters. The van der Waals surface area contributed by atoms with Crippen LogP contribution < -0.4 is 10.5 Å². The van der Waals surface area contributed by atoms with Gasteiger partial charge in [-0.25, -0.2) is 4.98 Å². The summed E-state index contributed by atoms with van der Waals surface area (Å²) in [5, 5.41) is 0. The van der Waals surface area contributed by atoms with Crippen molar-refractivity contribution in [3.05, 3.63) is 53.5 Å². The average Bonchev–Trinajstić information content (AvgIpc) is 2.46. The van der Waals surface area contributed by atoms with Crippen LogP contribution in [0.25, 0.3) is 0 Å². The second-order valence-electron chi connectivity index (χ2n) is 4.75. The van der Waals surface area contributed by atoms with Crippen molar-refractivity contribution in [3.8, 4) is 5.88 Å². The summed E-state index contributed by atoms with van der Waals surface area (Å²) in [7, 11) is 1.57. The molecule has 0 bridgehead atoms. The normalized spacial score (nSPS) is 12.5. The van der Waals surface area contributed by atoms with Gasteiger partial charge >= 0.3 is 0 Å². The molecule has 4 heteroatoms. The van der Waals surface area contributed by atoms with E-state index in [1.807, 2.05) is 12.1 Å². The van der Waals surface area contributed by atoms with Crippen molar-refractivity contribution in [2.45, 2.75) is 25.8 Å². The van der Waals surface area contributed by atoms with Crippen LogP contribution in [0.2, 0.25) is 0 Å². The number of aromatic nitrogens is 2. The maximum absolute atomic E-state index is 6.24. The quantitative estimate of drug-likeness (QED) is 0.914. The lowest BCUT2D eigenvalue weighted by atomic mass is 9.98. The zero-order chi connectivity index (χ0) is 13.8. The van der Waals surface area contributed by atoms with E-state index in [1.54, 1.807) is 19.5 Å². The first-order chi connectivity index (χ1) is 9.13. The van der Waals surface area contributed by atoms with Crippen LogP contribution in [0.15, 0.2) is 36.7 Å². The number of rotatable bonds is 4. The highest BCUT2D eigenvalue weighted by atomic mass is 16.5. The van der Waals surface area contributed by atoms with Crippen molar-refractivity contribution in [1.82, 2.24) is 9.97 Å². The Balaban J connectivity index is 2.30. The van der Waals surface area contributed by atoms with Gasteiger partial charge in [0.15, 0.2) is 0 Å². The molecule has 0 saturated carbocycles. The van der Waals surface area contributed by atoms with Crippen molar-refractivity contribution in [3.63, 3.8) is 0 Å². The highest BCUT2D eigenvalue weighted by Gasteiger charge is 2.16. The minimum absolute atomic E-state index is 0.329. The minimum atomic E-state index is -0.329. The highest BCUT2D eigenvalue weighted by Crippen LogP contribution is 2.25. The van der Waals surface area contributed by atoms with Crippen molar-refractivity contribution in [1.29, 1.82) is 0 Å². The third kappa shape index (κ3) is 2.90. The molecule has 1 aromatic heterocycles. The lowest BCUT2D eigenvalue weighted by Crippen LogP contribution is -2.15. The first-order valence-corrected chi connectivity index (χ1v) is 6.33. The Morgan fingerprint density at radius 2 is 1.58 bits per heavy atom. The third-order valence-electron chi connectivity index (χ3n) is 3.14. The van der Waals surface area contributed by atoms with Gasteiger partial charge in [0.1, 0.15) is 5.69 Å². The maximum atomic E-state index is 6.24. The predicted octanol–water partition coefficient (Wildman–Crippen LogP) is 2.66. The Kier molecular flexibility index (Phi) is 4.12. The molecular formula is C15H19N3O. The van der Waals surface area contributed by atoms with Crippen molar-refractivity contribution in [2.24, 2.45) is 5.73 Å². The van der Waals surface area contributed by atoms with E-state index >= 15 is 0 Å². The number of nitrogens with two attached hydrogens (primary N) is 1. The Morgan fingerprint density at radius 1 is 1.00 bits per heavy atom. The topological polar surface area (TPSA) is 61.0 Å². The van der Waals surface area contributed by atoms with Crippen LogP contribution in [0.1, 0.15) is 42.6 Å². The molecule has 2 N–H and O–H groups in total. The van der Waals surface area contributed by atoms with Gasteiger partial charge in [-0.1, -0.05) is 38.1 Å². The Bertz CT molecular complexity index is 537. The number of nitrogens with zero attached hydrogens (tertiary/aromatic N) is 2. The molecule has 19 heavy (non-hydrogen) atoms. The molecule has 0 fully saturated rings. The van der Waals surface area contributed by atoms with E-state index in [0.29, 0.717) is 17.5 Å². The van der Waals surface area contributed by atoms with E-state index in [0.717, 1.165) is 5.56 Å². The fourth-order valence-corrected chi connectivity index (χ4v) is 1.95. The van der Waals surface area contributed by atoms with E-state index < -0.39 is 0 Å². The van der Waals surface area contributed by atoms with E-state index in [1.165, 1.54) is 5.56 Å². The van der Waals surface area contributed by atoms with Crippen LogP contribution in [0.5, 0.6) is 5.88 Å². The fraction of sp³-hybridized carbons (Fsp3) is 0.333. The number of ether oxygens (including phenoxy) is 1. The van der Waals surface area contributed by atoms with Crippen LogP contribution in [-0.2, 0) is 0 Å². The van der Waals surface area contributed by atoms with Crippen LogP contribution in [-0.4, -0.2) is 17.1 Å². The van der Waals surface area contributed by atoms with E-state index in [9.17, 15) is 0 Å². The average molecular weight is 257 g/mol. The molecule has 0 aliphatic carbocycles. The van der Waals surface area contributed by atoms with Crippen LogP contribution in [0.3, 0.4) is 0 Å².